The lowest BCUT2D eigenvalue weighted by atomic mass is 10.1. The number of carbonyl (C=O) groups is 1. The molecule has 4 nitrogen and oxygen atoms in total. The number of anilines is 1. The SMILES string of the molecule is CCc1nnc(NC(=O)Cc2ccccc2Cl)s1. The summed E-state index contributed by atoms with van der Waals surface area (Å²) in [6, 6.07) is 7.29. The highest BCUT2D eigenvalue weighted by Crippen LogP contribution is 2.18. The van der Waals surface area contributed by atoms with Gasteiger partial charge in [-0.2, -0.15) is 0 Å². The number of carbonyl (C=O) groups excluding carboxylic acids is 1. The van der Waals surface area contributed by atoms with Crippen LogP contribution >= 0.6 is 22.9 Å². The molecule has 1 aromatic carbocycles. The number of rotatable bonds is 4. The summed E-state index contributed by atoms with van der Waals surface area (Å²) in [6.45, 7) is 2.00. The molecular formula is C12H12ClN3OS. The Labute approximate surface area is 114 Å². The highest BCUT2D eigenvalue weighted by molar-refractivity contribution is 7.15. The monoisotopic (exact) mass is 281 g/mol. The molecule has 1 amide bonds. The van der Waals surface area contributed by atoms with Crippen LogP contribution in [0.2, 0.25) is 5.02 Å². The van der Waals surface area contributed by atoms with Gasteiger partial charge in [0, 0.05) is 5.02 Å². The van der Waals surface area contributed by atoms with E-state index in [4.69, 9.17) is 11.6 Å². The van der Waals surface area contributed by atoms with Crippen LogP contribution in [-0.4, -0.2) is 16.1 Å². The topological polar surface area (TPSA) is 54.9 Å². The van der Waals surface area contributed by atoms with Gasteiger partial charge in [-0.3, -0.25) is 4.79 Å². The summed E-state index contributed by atoms with van der Waals surface area (Å²) in [4.78, 5) is 11.8. The van der Waals surface area contributed by atoms with Crippen LogP contribution in [0.15, 0.2) is 24.3 Å². The molecule has 0 aliphatic carbocycles. The second kappa shape index (κ2) is 5.93. The van der Waals surface area contributed by atoms with Gasteiger partial charge in [-0.15, -0.1) is 10.2 Å². The first-order chi connectivity index (χ1) is 8.69. The van der Waals surface area contributed by atoms with Gasteiger partial charge < -0.3 is 5.32 Å². The fourth-order valence-electron chi connectivity index (χ4n) is 1.43. The normalized spacial score (nSPS) is 10.3. The minimum atomic E-state index is -0.137. The van der Waals surface area contributed by atoms with Crippen LogP contribution in [0.3, 0.4) is 0 Å². The van der Waals surface area contributed by atoms with Crippen LogP contribution in [0.1, 0.15) is 17.5 Å². The van der Waals surface area contributed by atoms with E-state index in [0.29, 0.717) is 10.2 Å². The minimum absolute atomic E-state index is 0.137. The van der Waals surface area contributed by atoms with E-state index in [-0.39, 0.29) is 12.3 Å². The molecule has 94 valence electrons. The molecule has 1 aromatic heterocycles. The Morgan fingerprint density at radius 3 is 2.83 bits per heavy atom. The summed E-state index contributed by atoms with van der Waals surface area (Å²) in [7, 11) is 0. The smallest absolute Gasteiger partial charge is 0.230 e. The molecule has 6 heteroatoms. The molecule has 0 unspecified atom stereocenters. The van der Waals surface area contributed by atoms with Gasteiger partial charge in [0.25, 0.3) is 0 Å². The van der Waals surface area contributed by atoms with Gasteiger partial charge in [0.15, 0.2) is 0 Å². The van der Waals surface area contributed by atoms with Crippen molar-refractivity contribution in [2.24, 2.45) is 0 Å². The number of hydrogen-bond acceptors (Lipinski definition) is 4. The average Bonchev–Trinajstić information content (AvgIpc) is 2.80. The lowest BCUT2D eigenvalue weighted by Crippen LogP contribution is -2.14. The van der Waals surface area contributed by atoms with Crippen LogP contribution < -0.4 is 5.32 Å². The Kier molecular flexibility index (Phi) is 4.28. The maximum atomic E-state index is 11.8. The average molecular weight is 282 g/mol. The van der Waals surface area contributed by atoms with Gasteiger partial charge >= 0.3 is 0 Å². The predicted molar refractivity (Wildman–Crippen MR) is 73.1 cm³/mol. The van der Waals surface area contributed by atoms with E-state index in [0.717, 1.165) is 17.0 Å². The zero-order valence-corrected chi connectivity index (χ0v) is 11.4. The van der Waals surface area contributed by atoms with E-state index in [9.17, 15) is 4.79 Å². The van der Waals surface area contributed by atoms with Gasteiger partial charge in [-0.1, -0.05) is 48.1 Å². The van der Waals surface area contributed by atoms with Gasteiger partial charge in [0.05, 0.1) is 6.42 Å². The van der Waals surface area contributed by atoms with Gasteiger partial charge in [0.1, 0.15) is 5.01 Å². The summed E-state index contributed by atoms with van der Waals surface area (Å²) < 4.78 is 0. The van der Waals surface area contributed by atoms with Gasteiger partial charge in [0.2, 0.25) is 11.0 Å². The Morgan fingerprint density at radius 1 is 1.39 bits per heavy atom. The Bertz CT molecular complexity index is 556. The number of halogens is 1. The molecule has 0 aliphatic rings. The largest absolute Gasteiger partial charge is 0.300 e. The maximum absolute atomic E-state index is 11.8. The fraction of sp³-hybridized carbons (Fsp3) is 0.250. The van der Waals surface area contributed by atoms with E-state index < -0.39 is 0 Å². The molecule has 0 radical (unpaired) electrons. The predicted octanol–water partition coefficient (Wildman–Crippen LogP) is 2.94. The summed E-state index contributed by atoms with van der Waals surface area (Å²) in [5.41, 5.74) is 0.803. The lowest BCUT2D eigenvalue weighted by Gasteiger charge is -2.03. The van der Waals surface area contributed by atoms with E-state index >= 15 is 0 Å². The van der Waals surface area contributed by atoms with Crippen LogP contribution in [-0.2, 0) is 17.6 Å². The first-order valence-corrected chi connectivity index (χ1v) is 6.74. The second-order valence-electron chi connectivity index (χ2n) is 3.67. The number of amides is 1. The molecule has 0 aliphatic heterocycles. The number of aromatic nitrogens is 2. The van der Waals surface area contributed by atoms with Crippen LogP contribution in [0.4, 0.5) is 5.13 Å². The number of nitrogens with one attached hydrogen (secondary N) is 1. The van der Waals surface area contributed by atoms with Crippen molar-refractivity contribution in [2.45, 2.75) is 19.8 Å². The van der Waals surface area contributed by atoms with Crippen molar-refractivity contribution in [3.05, 3.63) is 39.9 Å². The van der Waals surface area contributed by atoms with E-state index in [1.165, 1.54) is 11.3 Å². The third-order valence-corrected chi connectivity index (χ3v) is 3.68. The number of benzene rings is 1. The first-order valence-electron chi connectivity index (χ1n) is 5.54. The fourth-order valence-corrected chi connectivity index (χ4v) is 2.32. The molecule has 1 N–H and O–H groups in total. The molecule has 1 heterocycles. The molecule has 0 atom stereocenters. The quantitative estimate of drug-likeness (QED) is 0.937. The zero-order chi connectivity index (χ0) is 13.0. The maximum Gasteiger partial charge on any atom is 0.230 e. The summed E-state index contributed by atoms with van der Waals surface area (Å²) in [6.07, 6.45) is 1.05. The van der Waals surface area contributed by atoms with E-state index in [1.54, 1.807) is 6.07 Å². The summed E-state index contributed by atoms with van der Waals surface area (Å²) >= 11 is 7.38. The van der Waals surface area contributed by atoms with Gasteiger partial charge in [-0.05, 0) is 18.1 Å². The summed E-state index contributed by atoms with van der Waals surface area (Å²) in [5.74, 6) is -0.137. The molecule has 2 aromatic rings. The van der Waals surface area contributed by atoms with Crippen molar-refractivity contribution in [1.82, 2.24) is 10.2 Å². The van der Waals surface area contributed by atoms with Crippen molar-refractivity contribution in [3.63, 3.8) is 0 Å². The van der Waals surface area contributed by atoms with Gasteiger partial charge in [-0.25, -0.2) is 0 Å². The van der Waals surface area contributed by atoms with Crippen LogP contribution in [0.5, 0.6) is 0 Å². The molecule has 2 rings (SSSR count). The highest BCUT2D eigenvalue weighted by atomic mass is 35.5. The zero-order valence-electron chi connectivity index (χ0n) is 9.81. The molecular weight excluding hydrogens is 270 g/mol. The van der Waals surface area contributed by atoms with E-state index in [1.807, 2.05) is 25.1 Å². The molecule has 0 bridgehead atoms. The number of nitrogens with zero attached hydrogens (tertiary/aromatic N) is 2. The molecule has 0 fully saturated rings. The van der Waals surface area contributed by atoms with E-state index in [2.05, 4.69) is 15.5 Å². The van der Waals surface area contributed by atoms with Crippen LogP contribution in [0.25, 0.3) is 0 Å². The van der Waals surface area contributed by atoms with Crippen molar-refractivity contribution >= 4 is 34.0 Å². The number of aryl methyl sites for hydroxylation is 1. The van der Waals surface area contributed by atoms with Crippen molar-refractivity contribution in [1.29, 1.82) is 0 Å². The minimum Gasteiger partial charge on any atom is -0.300 e. The second-order valence-corrected chi connectivity index (χ2v) is 5.14. The first kappa shape index (κ1) is 13.0. The lowest BCUT2D eigenvalue weighted by molar-refractivity contribution is -0.115. The van der Waals surface area contributed by atoms with Crippen molar-refractivity contribution in [3.8, 4) is 0 Å². The Hall–Kier alpha value is -1.46. The third kappa shape index (κ3) is 3.27. The highest BCUT2D eigenvalue weighted by Gasteiger charge is 2.09. The summed E-state index contributed by atoms with van der Waals surface area (Å²) in [5, 5.41) is 12.6. The number of hydrogen-bond donors (Lipinski definition) is 1. The Morgan fingerprint density at radius 2 is 2.17 bits per heavy atom. The molecule has 0 saturated heterocycles. The standard InChI is InChI=1S/C12H12ClN3OS/c1-2-11-15-16-12(18-11)14-10(17)7-8-5-3-4-6-9(8)13/h3-6H,2,7H2,1H3,(H,14,16,17). The third-order valence-electron chi connectivity index (χ3n) is 2.32. The van der Waals surface area contributed by atoms with Crippen LogP contribution in [0, 0.1) is 0 Å². The molecule has 0 saturated carbocycles. The molecule has 18 heavy (non-hydrogen) atoms. The van der Waals surface area contributed by atoms with Crippen molar-refractivity contribution < 1.29 is 4.79 Å². The van der Waals surface area contributed by atoms with Crippen molar-refractivity contribution in [2.75, 3.05) is 5.32 Å². The molecule has 0 spiro atoms. The Balaban J connectivity index is 1.99.